The van der Waals surface area contributed by atoms with Crippen molar-refractivity contribution in [3.05, 3.63) is 23.4 Å². The molecule has 2 atom stereocenters. The van der Waals surface area contributed by atoms with E-state index in [1.165, 1.54) is 6.07 Å². The fraction of sp³-hybridized carbons (Fsp3) is 0.538. The Labute approximate surface area is 119 Å². The number of fused-ring (bicyclic) bond motifs is 2. The first kappa shape index (κ1) is 14.0. The van der Waals surface area contributed by atoms with Crippen LogP contribution >= 0.6 is 0 Å². The summed E-state index contributed by atoms with van der Waals surface area (Å²) in [6.45, 7) is 0.671. The lowest BCUT2D eigenvalue weighted by Crippen LogP contribution is -2.35. The van der Waals surface area contributed by atoms with E-state index in [2.05, 4.69) is 10.1 Å². The van der Waals surface area contributed by atoms with Crippen LogP contribution in [0.3, 0.4) is 0 Å². The van der Waals surface area contributed by atoms with Gasteiger partial charge in [0.1, 0.15) is 11.5 Å². The molecule has 1 aliphatic heterocycles. The first-order chi connectivity index (χ1) is 9.90. The molecule has 0 spiro atoms. The monoisotopic (exact) mass is 300 g/mol. The van der Waals surface area contributed by atoms with Gasteiger partial charge in [-0.1, -0.05) is 5.16 Å². The van der Waals surface area contributed by atoms with Gasteiger partial charge in [0.05, 0.1) is 5.56 Å². The van der Waals surface area contributed by atoms with Crippen LogP contribution in [0, 0.1) is 5.92 Å². The topological polar surface area (TPSA) is 74.7 Å². The molecule has 1 saturated heterocycles. The van der Waals surface area contributed by atoms with Gasteiger partial charge in [0, 0.05) is 12.6 Å². The Morgan fingerprint density at radius 3 is 2.67 bits per heavy atom. The summed E-state index contributed by atoms with van der Waals surface area (Å²) in [4.78, 5) is 5.60. The van der Waals surface area contributed by atoms with E-state index in [0.29, 0.717) is 12.5 Å². The molecule has 21 heavy (non-hydrogen) atoms. The van der Waals surface area contributed by atoms with Crippen molar-refractivity contribution in [3.8, 4) is 0 Å². The van der Waals surface area contributed by atoms with Crippen molar-refractivity contribution >= 4 is 11.7 Å². The predicted octanol–water partition coefficient (Wildman–Crippen LogP) is 2.18. The first-order valence-electron chi connectivity index (χ1n) is 6.73. The molecule has 0 amide bonds. The third-order valence-corrected chi connectivity index (χ3v) is 4.23. The van der Waals surface area contributed by atoms with Gasteiger partial charge in [0.2, 0.25) is 0 Å². The molecule has 2 unspecified atom stereocenters. The van der Waals surface area contributed by atoms with Gasteiger partial charge in [-0.15, -0.1) is 0 Å². The van der Waals surface area contributed by atoms with E-state index < -0.39 is 11.9 Å². The molecule has 2 bridgehead atoms. The van der Waals surface area contributed by atoms with E-state index in [9.17, 15) is 13.2 Å². The van der Waals surface area contributed by atoms with Crippen LogP contribution in [0.15, 0.2) is 17.3 Å². The number of piperidine rings is 1. The Morgan fingerprint density at radius 2 is 2.14 bits per heavy atom. The fourth-order valence-electron chi connectivity index (χ4n) is 3.26. The number of rotatable bonds is 2. The predicted molar refractivity (Wildman–Crippen MR) is 70.2 cm³/mol. The van der Waals surface area contributed by atoms with Crippen LogP contribution in [0.4, 0.5) is 19.0 Å². The van der Waals surface area contributed by atoms with Gasteiger partial charge < -0.3 is 15.8 Å². The zero-order valence-corrected chi connectivity index (χ0v) is 11.1. The maximum Gasteiger partial charge on any atom is 0.433 e. The molecule has 3 rings (SSSR count). The van der Waals surface area contributed by atoms with Gasteiger partial charge in [0.25, 0.3) is 0 Å². The molecule has 1 aromatic heterocycles. The standard InChI is InChI=1S/C13H15F3N4O/c14-13(15,16)10-4-3-9(11(17)19-21)12(18-10)20-6-7-1-2-8(20)5-7/h3-4,7-8,21H,1-2,5-6H2,(H2,17,19). The summed E-state index contributed by atoms with van der Waals surface area (Å²) in [7, 11) is 0. The number of aromatic nitrogens is 1. The van der Waals surface area contributed by atoms with Crippen molar-refractivity contribution in [1.29, 1.82) is 0 Å². The molecule has 3 N–H and O–H groups in total. The van der Waals surface area contributed by atoms with Crippen molar-refractivity contribution in [2.75, 3.05) is 11.4 Å². The van der Waals surface area contributed by atoms with E-state index >= 15 is 0 Å². The van der Waals surface area contributed by atoms with Crippen molar-refractivity contribution in [1.82, 2.24) is 4.98 Å². The lowest BCUT2D eigenvalue weighted by Gasteiger charge is -2.30. The number of pyridine rings is 1. The highest BCUT2D eigenvalue weighted by atomic mass is 19.4. The molecule has 1 aromatic rings. The smallest absolute Gasteiger partial charge is 0.409 e. The summed E-state index contributed by atoms with van der Waals surface area (Å²) in [5.74, 6) is 0.424. The van der Waals surface area contributed by atoms with Crippen molar-refractivity contribution in [3.63, 3.8) is 0 Å². The fourth-order valence-corrected chi connectivity index (χ4v) is 3.26. The van der Waals surface area contributed by atoms with E-state index in [0.717, 1.165) is 25.3 Å². The Kier molecular flexibility index (Phi) is 3.18. The highest BCUT2D eigenvalue weighted by molar-refractivity contribution is 6.01. The second-order valence-corrected chi connectivity index (χ2v) is 5.54. The lowest BCUT2D eigenvalue weighted by atomic mass is 10.1. The third kappa shape index (κ3) is 2.38. The highest BCUT2D eigenvalue weighted by Crippen LogP contribution is 2.41. The van der Waals surface area contributed by atoms with Crippen LogP contribution in [0.25, 0.3) is 0 Å². The van der Waals surface area contributed by atoms with Crippen LogP contribution in [0.1, 0.15) is 30.5 Å². The number of amidine groups is 1. The number of alkyl halides is 3. The Hall–Kier alpha value is -1.99. The maximum absolute atomic E-state index is 12.9. The van der Waals surface area contributed by atoms with Gasteiger partial charge in [0.15, 0.2) is 5.84 Å². The molecule has 1 aliphatic carbocycles. The largest absolute Gasteiger partial charge is 0.433 e. The summed E-state index contributed by atoms with van der Waals surface area (Å²) in [5, 5.41) is 11.7. The van der Waals surface area contributed by atoms with Crippen LogP contribution in [0.5, 0.6) is 0 Å². The van der Waals surface area contributed by atoms with E-state index in [1.54, 1.807) is 0 Å². The molecule has 0 aromatic carbocycles. The molecule has 5 nitrogen and oxygen atoms in total. The molecule has 2 aliphatic rings. The minimum absolute atomic E-state index is 0.160. The molecular formula is C13H15F3N4O. The molecule has 1 saturated carbocycles. The zero-order valence-electron chi connectivity index (χ0n) is 11.1. The minimum atomic E-state index is -4.52. The maximum atomic E-state index is 12.9. The average molecular weight is 300 g/mol. The van der Waals surface area contributed by atoms with Gasteiger partial charge >= 0.3 is 6.18 Å². The highest BCUT2D eigenvalue weighted by Gasteiger charge is 2.41. The molecule has 0 radical (unpaired) electrons. The van der Waals surface area contributed by atoms with E-state index in [1.807, 2.05) is 4.90 Å². The Balaban J connectivity index is 2.06. The number of halogens is 3. The number of nitrogens with two attached hydrogens (primary N) is 1. The molecule has 114 valence electrons. The first-order valence-corrected chi connectivity index (χ1v) is 6.73. The quantitative estimate of drug-likeness (QED) is 0.380. The van der Waals surface area contributed by atoms with Crippen LogP contribution in [-0.2, 0) is 6.18 Å². The van der Waals surface area contributed by atoms with Gasteiger partial charge in [-0.3, -0.25) is 0 Å². The summed E-state index contributed by atoms with van der Waals surface area (Å²) in [6.07, 6.45) is -1.51. The van der Waals surface area contributed by atoms with Gasteiger partial charge in [-0.05, 0) is 37.3 Å². The van der Waals surface area contributed by atoms with E-state index in [-0.39, 0.29) is 23.3 Å². The molecular weight excluding hydrogens is 285 g/mol. The number of hydrogen-bond acceptors (Lipinski definition) is 4. The normalized spacial score (nSPS) is 25.7. The van der Waals surface area contributed by atoms with Crippen LogP contribution in [0.2, 0.25) is 0 Å². The van der Waals surface area contributed by atoms with Crippen molar-refractivity contribution < 1.29 is 18.4 Å². The summed E-state index contributed by atoms with van der Waals surface area (Å²) in [5.41, 5.74) is 4.84. The molecule has 8 heteroatoms. The average Bonchev–Trinajstić information content (AvgIpc) is 3.07. The second kappa shape index (κ2) is 4.78. The number of anilines is 1. The molecule has 2 fully saturated rings. The summed E-state index contributed by atoms with van der Waals surface area (Å²) in [6, 6.07) is 2.26. The SMILES string of the molecule is NC(=NO)c1ccc(C(F)(F)F)nc1N1CC2CCC1C2. The minimum Gasteiger partial charge on any atom is -0.409 e. The lowest BCUT2D eigenvalue weighted by molar-refractivity contribution is -0.141. The summed E-state index contributed by atoms with van der Waals surface area (Å²) >= 11 is 0. The van der Waals surface area contributed by atoms with Crippen LogP contribution in [-0.4, -0.2) is 28.6 Å². The number of oxime groups is 1. The van der Waals surface area contributed by atoms with Crippen molar-refractivity contribution in [2.45, 2.75) is 31.5 Å². The van der Waals surface area contributed by atoms with Crippen LogP contribution < -0.4 is 10.6 Å². The Bertz CT molecular complexity index is 587. The van der Waals surface area contributed by atoms with Gasteiger partial charge in [-0.25, -0.2) is 4.98 Å². The number of nitrogens with zero attached hydrogens (tertiary/aromatic N) is 3. The third-order valence-electron chi connectivity index (χ3n) is 4.23. The number of hydrogen-bond donors (Lipinski definition) is 2. The van der Waals surface area contributed by atoms with Crippen molar-refractivity contribution in [2.24, 2.45) is 16.8 Å². The zero-order chi connectivity index (χ0) is 15.2. The van der Waals surface area contributed by atoms with E-state index in [4.69, 9.17) is 10.9 Å². The summed E-state index contributed by atoms with van der Waals surface area (Å²) < 4.78 is 38.6. The molecule has 2 heterocycles. The Morgan fingerprint density at radius 1 is 1.38 bits per heavy atom. The second-order valence-electron chi connectivity index (χ2n) is 5.54. The van der Waals surface area contributed by atoms with Gasteiger partial charge in [-0.2, -0.15) is 13.2 Å².